The van der Waals surface area contributed by atoms with Gasteiger partial charge in [-0.25, -0.2) is 0 Å². The molecular formula is C32H40S. The highest BCUT2D eigenvalue weighted by atomic mass is 32.2. The zero-order chi connectivity index (χ0) is 24.2. The van der Waals surface area contributed by atoms with Gasteiger partial charge in [-0.2, -0.15) is 0 Å². The molecule has 0 spiro atoms. The molecule has 1 aliphatic heterocycles. The molecule has 0 nitrogen and oxygen atoms in total. The number of hydrogen-bond donors (Lipinski definition) is 0. The van der Waals surface area contributed by atoms with Crippen molar-refractivity contribution in [3.63, 3.8) is 0 Å². The van der Waals surface area contributed by atoms with E-state index in [0.29, 0.717) is 5.25 Å². The Morgan fingerprint density at radius 1 is 0.576 bits per heavy atom. The Kier molecular flexibility index (Phi) is 5.89. The topological polar surface area (TPSA) is 0 Å². The second kappa shape index (κ2) is 8.05. The van der Waals surface area contributed by atoms with Gasteiger partial charge in [0, 0.05) is 0 Å². The molecular weight excluding hydrogens is 416 g/mol. The summed E-state index contributed by atoms with van der Waals surface area (Å²) < 4.78 is -0.0359. The molecule has 1 heteroatoms. The third kappa shape index (κ3) is 4.42. The first kappa shape index (κ1) is 24.1. The standard InChI is InChI=1S/C32H40S/c1-29(2,3)24-20-25(30(4,5)6)27(26(21-24)31(7,8)9)28-32(33-28,22-16-12-10-13-17-22)23-18-14-11-15-19-23/h10-21,28H,1-9H3. The van der Waals surface area contributed by atoms with Crippen molar-refractivity contribution < 1.29 is 0 Å². The van der Waals surface area contributed by atoms with Crippen molar-refractivity contribution >= 4 is 11.8 Å². The predicted octanol–water partition coefficient (Wildman–Crippen LogP) is 9.31. The highest BCUT2D eigenvalue weighted by molar-refractivity contribution is 8.07. The molecule has 4 rings (SSSR count). The van der Waals surface area contributed by atoms with Crippen LogP contribution in [0.4, 0.5) is 0 Å². The Bertz CT molecular complexity index is 1040. The summed E-state index contributed by atoms with van der Waals surface area (Å²) in [5.74, 6) is 0. The Labute approximate surface area is 206 Å². The van der Waals surface area contributed by atoms with E-state index in [9.17, 15) is 0 Å². The smallest absolute Gasteiger partial charge is 0.0823 e. The lowest BCUT2D eigenvalue weighted by molar-refractivity contribution is 0.536. The first-order valence-corrected chi connectivity index (χ1v) is 13.1. The average Bonchev–Trinajstić information content (AvgIpc) is 3.49. The molecule has 1 aliphatic rings. The lowest BCUT2D eigenvalue weighted by atomic mass is 9.70. The zero-order valence-electron chi connectivity index (χ0n) is 21.9. The van der Waals surface area contributed by atoms with Crippen molar-refractivity contribution in [2.24, 2.45) is 0 Å². The normalized spacial score (nSPS) is 18.3. The van der Waals surface area contributed by atoms with E-state index in [-0.39, 0.29) is 21.0 Å². The van der Waals surface area contributed by atoms with Crippen LogP contribution in [0.1, 0.15) is 101 Å². The van der Waals surface area contributed by atoms with Gasteiger partial charge in [0.05, 0.1) is 10.00 Å². The first-order chi connectivity index (χ1) is 15.3. The van der Waals surface area contributed by atoms with Crippen LogP contribution in [0, 0.1) is 0 Å². The fraction of sp³-hybridized carbons (Fsp3) is 0.438. The Hall–Kier alpha value is -1.99. The van der Waals surface area contributed by atoms with Crippen LogP contribution in [0.3, 0.4) is 0 Å². The molecule has 3 aromatic rings. The lowest BCUT2D eigenvalue weighted by Gasteiger charge is -2.34. The summed E-state index contributed by atoms with van der Waals surface area (Å²) in [5, 5.41) is 0.403. The summed E-state index contributed by atoms with van der Waals surface area (Å²) in [7, 11) is 0. The minimum Gasteiger partial charge on any atom is -0.134 e. The van der Waals surface area contributed by atoms with Gasteiger partial charge < -0.3 is 0 Å². The van der Waals surface area contributed by atoms with Gasteiger partial charge in [0.15, 0.2) is 0 Å². The molecule has 1 unspecified atom stereocenters. The highest BCUT2D eigenvalue weighted by Crippen LogP contribution is 2.75. The van der Waals surface area contributed by atoms with E-state index in [2.05, 4.69) is 147 Å². The molecule has 1 atom stereocenters. The van der Waals surface area contributed by atoms with Crippen molar-refractivity contribution in [2.75, 3.05) is 0 Å². The van der Waals surface area contributed by atoms with Gasteiger partial charge >= 0.3 is 0 Å². The van der Waals surface area contributed by atoms with E-state index < -0.39 is 0 Å². The lowest BCUT2D eigenvalue weighted by Crippen LogP contribution is -2.25. The SMILES string of the molecule is CC(C)(C)c1cc(C(C)(C)C)c(C2SC2(c2ccccc2)c2ccccc2)c(C(C)(C)C)c1. The van der Waals surface area contributed by atoms with Crippen molar-refractivity contribution in [1.29, 1.82) is 0 Å². The quantitative estimate of drug-likeness (QED) is 0.354. The maximum atomic E-state index is 2.52. The van der Waals surface area contributed by atoms with Gasteiger partial charge in [0.1, 0.15) is 0 Å². The molecule has 0 saturated carbocycles. The van der Waals surface area contributed by atoms with Gasteiger partial charge in [0.2, 0.25) is 0 Å². The van der Waals surface area contributed by atoms with Crippen molar-refractivity contribution in [1.82, 2.24) is 0 Å². The summed E-state index contributed by atoms with van der Waals surface area (Å²) in [6.07, 6.45) is 0. The van der Waals surface area contributed by atoms with Crippen molar-refractivity contribution in [2.45, 2.75) is 88.6 Å². The van der Waals surface area contributed by atoms with E-state index in [4.69, 9.17) is 0 Å². The molecule has 1 heterocycles. The first-order valence-electron chi connectivity index (χ1n) is 12.2. The van der Waals surface area contributed by atoms with E-state index in [0.717, 1.165) is 0 Å². The summed E-state index contributed by atoms with van der Waals surface area (Å²) in [5.41, 5.74) is 9.08. The fourth-order valence-electron chi connectivity index (χ4n) is 5.00. The minimum absolute atomic E-state index is 0.0359. The molecule has 0 amide bonds. The number of hydrogen-bond acceptors (Lipinski definition) is 1. The van der Waals surface area contributed by atoms with E-state index >= 15 is 0 Å². The molecule has 0 aliphatic carbocycles. The molecule has 0 aromatic heterocycles. The van der Waals surface area contributed by atoms with Crippen LogP contribution in [-0.4, -0.2) is 0 Å². The van der Waals surface area contributed by atoms with Crippen LogP contribution in [-0.2, 0) is 21.0 Å². The summed E-state index contributed by atoms with van der Waals surface area (Å²) in [6, 6.07) is 27.3. The third-order valence-electron chi connectivity index (χ3n) is 6.95. The average molecular weight is 457 g/mol. The Morgan fingerprint density at radius 3 is 1.30 bits per heavy atom. The van der Waals surface area contributed by atoms with Crippen LogP contribution < -0.4 is 0 Å². The van der Waals surface area contributed by atoms with Gasteiger partial charge in [-0.05, 0) is 49.6 Å². The molecule has 1 fully saturated rings. The van der Waals surface area contributed by atoms with Gasteiger partial charge in [-0.15, -0.1) is 11.8 Å². The number of rotatable bonds is 3. The molecule has 0 radical (unpaired) electrons. The van der Waals surface area contributed by atoms with Crippen molar-refractivity contribution in [3.05, 3.63) is 106 Å². The van der Waals surface area contributed by atoms with Gasteiger partial charge in [-0.1, -0.05) is 135 Å². The van der Waals surface area contributed by atoms with Crippen LogP contribution >= 0.6 is 11.8 Å². The van der Waals surface area contributed by atoms with Crippen LogP contribution in [0.2, 0.25) is 0 Å². The maximum absolute atomic E-state index is 2.52. The molecule has 33 heavy (non-hydrogen) atoms. The van der Waals surface area contributed by atoms with E-state index in [1.807, 2.05) is 0 Å². The maximum Gasteiger partial charge on any atom is 0.0823 e. The summed E-state index contributed by atoms with van der Waals surface area (Å²) in [6.45, 7) is 21.3. The molecule has 1 saturated heterocycles. The van der Waals surface area contributed by atoms with Gasteiger partial charge in [-0.3, -0.25) is 0 Å². The fourth-order valence-corrected chi connectivity index (χ4v) is 6.61. The van der Waals surface area contributed by atoms with Crippen LogP contribution in [0.15, 0.2) is 72.8 Å². The highest BCUT2D eigenvalue weighted by Gasteiger charge is 2.60. The zero-order valence-corrected chi connectivity index (χ0v) is 22.7. The monoisotopic (exact) mass is 456 g/mol. The molecule has 0 N–H and O–H groups in total. The minimum atomic E-state index is -0.0359. The Morgan fingerprint density at radius 2 is 0.970 bits per heavy atom. The Balaban J connectivity index is 2.02. The summed E-state index contributed by atoms with van der Waals surface area (Å²) >= 11 is 2.12. The number of benzene rings is 3. The molecule has 3 aromatic carbocycles. The number of thioether (sulfide) groups is 1. The van der Waals surface area contributed by atoms with E-state index in [1.165, 1.54) is 27.8 Å². The molecule has 0 bridgehead atoms. The van der Waals surface area contributed by atoms with E-state index in [1.54, 1.807) is 5.56 Å². The second-order valence-electron chi connectivity index (χ2n) is 12.7. The third-order valence-corrected chi connectivity index (χ3v) is 8.60. The molecule has 174 valence electrons. The second-order valence-corrected chi connectivity index (χ2v) is 14.1. The van der Waals surface area contributed by atoms with Crippen LogP contribution in [0.25, 0.3) is 0 Å². The van der Waals surface area contributed by atoms with Crippen molar-refractivity contribution in [3.8, 4) is 0 Å². The van der Waals surface area contributed by atoms with Gasteiger partial charge in [0.25, 0.3) is 0 Å². The van der Waals surface area contributed by atoms with Crippen LogP contribution in [0.5, 0.6) is 0 Å². The predicted molar refractivity (Wildman–Crippen MR) is 147 cm³/mol. The largest absolute Gasteiger partial charge is 0.134 e. The summed E-state index contributed by atoms with van der Waals surface area (Å²) in [4.78, 5) is 0.